The van der Waals surface area contributed by atoms with Gasteiger partial charge >= 0.3 is 0 Å². The number of aliphatic hydroxyl groups excluding tert-OH is 1. The van der Waals surface area contributed by atoms with Gasteiger partial charge in [0.2, 0.25) is 5.95 Å². The van der Waals surface area contributed by atoms with E-state index in [9.17, 15) is 5.11 Å². The second-order valence-electron chi connectivity index (χ2n) is 7.37. The summed E-state index contributed by atoms with van der Waals surface area (Å²) in [5.74, 6) is 2.61. The number of nitrogens with zero attached hydrogens (tertiary/aromatic N) is 5. The number of anilines is 2. The van der Waals surface area contributed by atoms with Gasteiger partial charge in [0.15, 0.2) is 0 Å². The number of hydrogen-bond donors (Lipinski definition) is 1. The molecule has 1 atom stereocenters. The summed E-state index contributed by atoms with van der Waals surface area (Å²) in [4.78, 5) is 16.0. The van der Waals surface area contributed by atoms with Crippen LogP contribution < -0.4 is 9.80 Å². The van der Waals surface area contributed by atoms with E-state index in [1.807, 2.05) is 24.4 Å². The molecule has 4 rings (SSSR count). The second kappa shape index (κ2) is 8.10. The van der Waals surface area contributed by atoms with Crippen LogP contribution >= 0.6 is 0 Å². The standard InChI is InChI=1S/C20H27N5O2/c1-16(13-18-3-2-12-27-18)14-23-8-10-24(11-9-23)20-21-6-4-19(22-20)25-7-5-17(26)15-25/h2-4,6,12-13,17,26H,5,7-11,14-15H2,1H3/b16-13+. The van der Waals surface area contributed by atoms with E-state index in [0.717, 1.165) is 63.2 Å². The molecule has 0 radical (unpaired) electrons. The molecule has 7 heteroatoms. The molecule has 0 spiro atoms. The van der Waals surface area contributed by atoms with Gasteiger partial charge in [-0.2, -0.15) is 4.98 Å². The molecular weight excluding hydrogens is 342 g/mol. The van der Waals surface area contributed by atoms with Gasteiger partial charge in [0.05, 0.1) is 12.4 Å². The minimum atomic E-state index is -0.246. The summed E-state index contributed by atoms with van der Waals surface area (Å²) >= 11 is 0. The molecule has 27 heavy (non-hydrogen) atoms. The van der Waals surface area contributed by atoms with Crippen LogP contribution in [0, 0.1) is 0 Å². The lowest BCUT2D eigenvalue weighted by Crippen LogP contribution is -2.47. The zero-order chi connectivity index (χ0) is 18.6. The second-order valence-corrected chi connectivity index (χ2v) is 7.37. The maximum Gasteiger partial charge on any atom is 0.227 e. The zero-order valence-corrected chi connectivity index (χ0v) is 15.8. The molecule has 2 saturated heterocycles. The predicted octanol–water partition coefficient (Wildman–Crippen LogP) is 1.87. The quantitative estimate of drug-likeness (QED) is 0.863. The zero-order valence-electron chi connectivity index (χ0n) is 15.8. The van der Waals surface area contributed by atoms with Gasteiger partial charge in [0.1, 0.15) is 11.6 Å². The Kier molecular flexibility index (Phi) is 5.40. The van der Waals surface area contributed by atoms with E-state index in [1.165, 1.54) is 5.57 Å². The molecule has 7 nitrogen and oxygen atoms in total. The average Bonchev–Trinajstić information content (AvgIpc) is 3.34. The van der Waals surface area contributed by atoms with E-state index >= 15 is 0 Å². The van der Waals surface area contributed by atoms with Gasteiger partial charge in [-0.05, 0) is 37.6 Å². The highest BCUT2D eigenvalue weighted by molar-refractivity contribution is 5.47. The Morgan fingerprint density at radius 3 is 2.78 bits per heavy atom. The summed E-state index contributed by atoms with van der Waals surface area (Å²) in [6.45, 7) is 8.41. The van der Waals surface area contributed by atoms with Crippen molar-refractivity contribution in [3.63, 3.8) is 0 Å². The van der Waals surface area contributed by atoms with Crippen molar-refractivity contribution in [1.82, 2.24) is 14.9 Å². The molecule has 1 unspecified atom stereocenters. The maximum atomic E-state index is 9.75. The van der Waals surface area contributed by atoms with Crippen LogP contribution in [0.1, 0.15) is 19.1 Å². The van der Waals surface area contributed by atoms with Crippen LogP contribution in [0.2, 0.25) is 0 Å². The molecule has 1 N–H and O–H groups in total. The summed E-state index contributed by atoms with van der Waals surface area (Å²) in [5.41, 5.74) is 1.30. The molecule has 0 saturated carbocycles. The van der Waals surface area contributed by atoms with Gasteiger partial charge in [-0.3, -0.25) is 4.90 Å². The van der Waals surface area contributed by atoms with Crippen molar-refractivity contribution in [2.75, 3.05) is 55.6 Å². The number of hydrogen-bond acceptors (Lipinski definition) is 7. The highest BCUT2D eigenvalue weighted by Crippen LogP contribution is 2.21. The van der Waals surface area contributed by atoms with Crippen LogP contribution in [-0.4, -0.2) is 71.9 Å². The molecule has 2 aliphatic heterocycles. The van der Waals surface area contributed by atoms with Crippen molar-refractivity contribution in [3.8, 4) is 0 Å². The molecule has 0 aliphatic carbocycles. The highest BCUT2D eigenvalue weighted by atomic mass is 16.3. The Balaban J connectivity index is 1.33. The third kappa shape index (κ3) is 4.48. The van der Waals surface area contributed by atoms with Crippen molar-refractivity contribution in [2.45, 2.75) is 19.4 Å². The van der Waals surface area contributed by atoms with Crippen molar-refractivity contribution in [3.05, 3.63) is 42.0 Å². The summed E-state index contributed by atoms with van der Waals surface area (Å²) in [5, 5.41) is 9.75. The Morgan fingerprint density at radius 1 is 1.22 bits per heavy atom. The minimum Gasteiger partial charge on any atom is -0.465 e. The van der Waals surface area contributed by atoms with Crippen LogP contribution in [-0.2, 0) is 0 Å². The molecule has 2 aliphatic rings. The average molecular weight is 369 g/mol. The first-order valence-electron chi connectivity index (χ1n) is 9.61. The van der Waals surface area contributed by atoms with E-state index in [-0.39, 0.29) is 6.10 Å². The van der Waals surface area contributed by atoms with Crippen molar-refractivity contribution in [2.24, 2.45) is 0 Å². The molecule has 4 heterocycles. The third-order valence-corrected chi connectivity index (χ3v) is 5.18. The summed E-state index contributed by atoms with van der Waals surface area (Å²) in [6, 6.07) is 5.82. The largest absolute Gasteiger partial charge is 0.465 e. The SMILES string of the molecule is C/C(=C\c1ccco1)CN1CCN(c2nccc(N3CCC(O)C3)n2)CC1. The Morgan fingerprint density at radius 2 is 2.07 bits per heavy atom. The summed E-state index contributed by atoms with van der Waals surface area (Å²) in [6.07, 6.45) is 6.19. The fraction of sp³-hybridized carbons (Fsp3) is 0.500. The predicted molar refractivity (Wildman–Crippen MR) is 106 cm³/mol. The van der Waals surface area contributed by atoms with Crippen LogP contribution in [0.15, 0.2) is 40.6 Å². The van der Waals surface area contributed by atoms with Gasteiger partial charge in [0, 0.05) is 52.0 Å². The maximum absolute atomic E-state index is 9.75. The Labute approximate surface area is 159 Å². The van der Waals surface area contributed by atoms with E-state index in [1.54, 1.807) is 6.26 Å². The van der Waals surface area contributed by atoms with Crippen LogP contribution in [0.3, 0.4) is 0 Å². The molecule has 0 aromatic carbocycles. The number of furan rings is 1. The molecule has 0 amide bonds. The smallest absolute Gasteiger partial charge is 0.227 e. The van der Waals surface area contributed by atoms with E-state index < -0.39 is 0 Å². The Bertz CT molecular complexity index is 768. The molecule has 2 aromatic heterocycles. The third-order valence-electron chi connectivity index (χ3n) is 5.18. The van der Waals surface area contributed by atoms with Crippen LogP contribution in [0.4, 0.5) is 11.8 Å². The highest BCUT2D eigenvalue weighted by Gasteiger charge is 2.23. The van der Waals surface area contributed by atoms with E-state index in [2.05, 4.69) is 32.7 Å². The topological polar surface area (TPSA) is 68.9 Å². The van der Waals surface area contributed by atoms with Gasteiger partial charge in [-0.1, -0.05) is 5.57 Å². The first-order valence-corrected chi connectivity index (χ1v) is 9.61. The monoisotopic (exact) mass is 369 g/mol. The lowest BCUT2D eigenvalue weighted by molar-refractivity contribution is 0.198. The Hall–Kier alpha value is -2.38. The van der Waals surface area contributed by atoms with Gasteiger partial charge < -0.3 is 19.3 Å². The van der Waals surface area contributed by atoms with Crippen molar-refractivity contribution >= 4 is 17.8 Å². The van der Waals surface area contributed by atoms with Gasteiger partial charge in [-0.15, -0.1) is 0 Å². The van der Waals surface area contributed by atoms with Gasteiger partial charge in [-0.25, -0.2) is 4.98 Å². The molecule has 2 fully saturated rings. The first-order chi connectivity index (χ1) is 13.2. The van der Waals surface area contributed by atoms with Crippen LogP contribution in [0.5, 0.6) is 0 Å². The lowest BCUT2D eigenvalue weighted by Gasteiger charge is -2.35. The first kappa shape index (κ1) is 18.0. The molecule has 144 valence electrons. The number of aliphatic hydroxyl groups is 1. The number of β-amino-alcohol motifs (C(OH)–C–C–N with tert-alkyl or cyclic N) is 1. The van der Waals surface area contributed by atoms with Crippen molar-refractivity contribution in [1.29, 1.82) is 0 Å². The molecular formula is C20H27N5O2. The summed E-state index contributed by atoms with van der Waals surface area (Å²) < 4.78 is 5.39. The lowest BCUT2D eigenvalue weighted by atomic mass is 10.2. The number of rotatable bonds is 5. The number of aromatic nitrogens is 2. The van der Waals surface area contributed by atoms with Gasteiger partial charge in [0.25, 0.3) is 0 Å². The van der Waals surface area contributed by atoms with Crippen LogP contribution in [0.25, 0.3) is 6.08 Å². The van der Waals surface area contributed by atoms with E-state index in [4.69, 9.17) is 9.40 Å². The minimum absolute atomic E-state index is 0.246. The number of piperazine rings is 1. The molecule has 2 aromatic rings. The normalized spacial score (nSPS) is 21.9. The molecule has 0 bridgehead atoms. The fourth-order valence-electron chi connectivity index (χ4n) is 3.74. The van der Waals surface area contributed by atoms with E-state index in [0.29, 0.717) is 6.54 Å². The summed E-state index contributed by atoms with van der Waals surface area (Å²) in [7, 11) is 0. The van der Waals surface area contributed by atoms with Crippen molar-refractivity contribution < 1.29 is 9.52 Å². The fourth-order valence-corrected chi connectivity index (χ4v) is 3.74.